The Morgan fingerprint density at radius 2 is 1.83 bits per heavy atom. The number of nitro groups is 1. The zero-order valence-electron chi connectivity index (χ0n) is 19.2. The van der Waals surface area contributed by atoms with Crippen molar-refractivity contribution in [2.24, 2.45) is 5.92 Å². The van der Waals surface area contributed by atoms with Crippen molar-refractivity contribution in [2.45, 2.75) is 36.5 Å². The van der Waals surface area contributed by atoms with Crippen LogP contribution in [0.3, 0.4) is 0 Å². The SMILES string of the molecule is O=[N+]([O-])c1ccc(S(=O)(=O)N2CCCC(CN3CCC(c4noc5cc(F)ccc45)CC3)C2)cc1. The molecule has 9 nitrogen and oxygen atoms in total. The van der Waals surface area contributed by atoms with Crippen molar-refractivity contribution in [3.05, 3.63) is 64.1 Å². The van der Waals surface area contributed by atoms with E-state index in [1.807, 2.05) is 0 Å². The molecular formula is C24H27FN4O5S. The molecule has 35 heavy (non-hydrogen) atoms. The summed E-state index contributed by atoms with van der Waals surface area (Å²) in [5, 5.41) is 15.9. The van der Waals surface area contributed by atoms with E-state index in [1.165, 1.54) is 40.7 Å². The minimum Gasteiger partial charge on any atom is -0.356 e. The lowest BCUT2D eigenvalue weighted by atomic mass is 9.90. The van der Waals surface area contributed by atoms with E-state index in [9.17, 15) is 22.9 Å². The highest BCUT2D eigenvalue weighted by molar-refractivity contribution is 7.89. The molecule has 1 aromatic heterocycles. The Kier molecular flexibility index (Phi) is 6.56. The van der Waals surface area contributed by atoms with Gasteiger partial charge in [0.05, 0.1) is 15.5 Å². The van der Waals surface area contributed by atoms with E-state index in [1.54, 1.807) is 6.07 Å². The van der Waals surface area contributed by atoms with Crippen LogP contribution in [0.15, 0.2) is 51.9 Å². The molecule has 2 aliphatic rings. The molecule has 2 saturated heterocycles. The number of nitrogens with zero attached hydrogens (tertiary/aromatic N) is 4. The van der Waals surface area contributed by atoms with Gasteiger partial charge in [0.1, 0.15) is 5.82 Å². The van der Waals surface area contributed by atoms with Gasteiger partial charge in [-0.05, 0) is 69.0 Å². The molecule has 11 heteroatoms. The van der Waals surface area contributed by atoms with Crippen LogP contribution in [0, 0.1) is 21.8 Å². The molecule has 2 aromatic carbocycles. The Hall–Kier alpha value is -2.89. The molecule has 2 fully saturated rings. The van der Waals surface area contributed by atoms with Crippen LogP contribution >= 0.6 is 0 Å². The summed E-state index contributed by atoms with van der Waals surface area (Å²) in [6, 6.07) is 9.59. The predicted molar refractivity (Wildman–Crippen MR) is 127 cm³/mol. The first-order valence-electron chi connectivity index (χ1n) is 11.8. The smallest absolute Gasteiger partial charge is 0.269 e. The van der Waals surface area contributed by atoms with Crippen molar-refractivity contribution in [1.82, 2.24) is 14.4 Å². The standard InChI is InChI=1S/C24H27FN4O5S/c25-19-3-8-22-23(14-19)34-26-24(22)18-9-12-27(13-10-18)15-17-2-1-11-28(16-17)35(32,33)21-6-4-20(5-7-21)29(30)31/h3-8,14,17-18H,1-2,9-13,15-16H2. The number of hydrogen-bond donors (Lipinski definition) is 0. The lowest BCUT2D eigenvalue weighted by Gasteiger charge is -2.37. The summed E-state index contributed by atoms with van der Waals surface area (Å²) in [4.78, 5) is 12.8. The molecule has 0 radical (unpaired) electrons. The van der Waals surface area contributed by atoms with Crippen molar-refractivity contribution in [2.75, 3.05) is 32.7 Å². The second-order valence-electron chi connectivity index (χ2n) is 9.41. The fourth-order valence-corrected chi connectivity index (χ4v) is 6.82. The molecule has 0 spiro atoms. The van der Waals surface area contributed by atoms with Crippen molar-refractivity contribution < 1.29 is 22.3 Å². The Labute approximate surface area is 202 Å². The number of nitro benzene ring substituents is 1. The van der Waals surface area contributed by atoms with Gasteiger partial charge >= 0.3 is 0 Å². The van der Waals surface area contributed by atoms with Crippen molar-refractivity contribution >= 4 is 26.7 Å². The van der Waals surface area contributed by atoms with Crippen molar-refractivity contribution in [3.63, 3.8) is 0 Å². The van der Waals surface area contributed by atoms with Gasteiger partial charge in [0.2, 0.25) is 10.0 Å². The number of halogens is 1. The van der Waals surface area contributed by atoms with Gasteiger partial charge in [-0.25, -0.2) is 12.8 Å². The number of piperidine rings is 2. The van der Waals surface area contributed by atoms with Gasteiger partial charge in [0.25, 0.3) is 5.69 Å². The Balaban J connectivity index is 1.18. The van der Waals surface area contributed by atoms with Gasteiger partial charge in [-0.1, -0.05) is 5.16 Å². The number of benzene rings is 2. The molecule has 0 amide bonds. The number of sulfonamides is 1. The summed E-state index contributed by atoms with van der Waals surface area (Å²) in [5.41, 5.74) is 1.23. The largest absolute Gasteiger partial charge is 0.356 e. The minimum absolute atomic E-state index is 0.0873. The van der Waals surface area contributed by atoms with Crippen LogP contribution in [0.4, 0.5) is 10.1 Å². The normalized spacial score (nSPS) is 20.9. The lowest BCUT2D eigenvalue weighted by Crippen LogP contribution is -2.45. The molecule has 0 N–H and O–H groups in total. The first-order chi connectivity index (χ1) is 16.8. The second kappa shape index (κ2) is 9.63. The number of aromatic nitrogens is 1. The van der Waals surface area contributed by atoms with Gasteiger partial charge in [-0.15, -0.1) is 0 Å². The molecule has 2 aliphatic heterocycles. The summed E-state index contributed by atoms with van der Waals surface area (Å²) >= 11 is 0. The Bertz CT molecular complexity index is 1320. The zero-order chi connectivity index (χ0) is 24.6. The summed E-state index contributed by atoms with van der Waals surface area (Å²) < 4.78 is 46.5. The maximum Gasteiger partial charge on any atom is 0.269 e. The molecule has 0 saturated carbocycles. The van der Waals surface area contributed by atoms with Crippen molar-refractivity contribution in [3.8, 4) is 0 Å². The highest BCUT2D eigenvalue weighted by Crippen LogP contribution is 2.33. The predicted octanol–water partition coefficient (Wildman–Crippen LogP) is 4.16. The van der Waals surface area contributed by atoms with E-state index in [2.05, 4.69) is 10.1 Å². The topological polar surface area (TPSA) is 110 Å². The van der Waals surface area contributed by atoms with Crippen LogP contribution in [-0.2, 0) is 10.0 Å². The third kappa shape index (κ3) is 4.93. The molecule has 0 bridgehead atoms. The van der Waals surface area contributed by atoms with Crippen LogP contribution in [0.2, 0.25) is 0 Å². The number of likely N-dealkylation sites (tertiary alicyclic amines) is 1. The maximum atomic E-state index is 13.4. The van der Waals surface area contributed by atoms with Gasteiger partial charge < -0.3 is 9.42 Å². The van der Waals surface area contributed by atoms with Crippen LogP contribution in [0.25, 0.3) is 11.0 Å². The fourth-order valence-electron chi connectivity index (χ4n) is 5.26. The van der Waals surface area contributed by atoms with E-state index in [0.29, 0.717) is 18.7 Å². The monoisotopic (exact) mass is 502 g/mol. The Morgan fingerprint density at radius 3 is 2.54 bits per heavy atom. The van der Waals surface area contributed by atoms with E-state index in [-0.39, 0.29) is 28.2 Å². The molecule has 3 heterocycles. The molecule has 0 aliphatic carbocycles. The van der Waals surface area contributed by atoms with Gasteiger partial charge in [-0.2, -0.15) is 4.31 Å². The first kappa shape index (κ1) is 23.8. The fraction of sp³-hybridized carbons (Fsp3) is 0.458. The number of hydrogen-bond acceptors (Lipinski definition) is 7. The van der Waals surface area contributed by atoms with E-state index in [0.717, 1.165) is 56.4 Å². The molecule has 1 atom stereocenters. The van der Waals surface area contributed by atoms with Crippen LogP contribution in [0.1, 0.15) is 37.3 Å². The van der Waals surface area contributed by atoms with E-state index >= 15 is 0 Å². The summed E-state index contributed by atoms with van der Waals surface area (Å²) in [6.45, 7) is 3.48. The molecule has 1 unspecified atom stereocenters. The van der Waals surface area contributed by atoms with Crippen LogP contribution in [0.5, 0.6) is 0 Å². The average molecular weight is 503 g/mol. The third-order valence-electron chi connectivity index (χ3n) is 7.12. The third-order valence-corrected chi connectivity index (χ3v) is 9.00. The number of fused-ring (bicyclic) bond motifs is 1. The van der Waals surface area contributed by atoms with Crippen molar-refractivity contribution in [1.29, 1.82) is 0 Å². The van der Waals surface area contributed by atoms with Crippen LogP contribution in [-0.4, -0.2) is 60.4 Å². The molecule has 3 aromatic rings. The molecule has 186 valence electrons. The number of non-ortho nitro benzene ring substituents is 1. The Morgan fingerprint density at radius 1 is 1.09 bits per heavy atom. The summed E-state index contributed by atoms with van der Waals surface area (Å²) in [7, 11) is -3.69. The summed E-state index contributed by atoms with van der Waals surface area (Å²) in [5.74, 6) is 0.138. The van der Waals surface area contributed by atoms with E-state index in [4.69, 9.17) is 4.52 Å². The minimum atomic E-state index is -3.69. The average Bonchev–Trinajstić information content (AvgIpc) is 3.28. The molecular weight excluding hydrogens is 475 g/mol. The zero-order valence-corrected chi connectivity index (χ0v) is 20.0. The number of rotatable bonds is 6. The van der Waals surface area contributed by atoms with Gasteiger partial charge in [0, 0.05) is 49.1 Å². The maximum absolute atomic E-state index is 13.4. The highest BCUT2D eigenvalue weighted by Gasteiger charge is 2.32. The first-order valence-corrected chi connectivity index (χ1v) is 13.3. The summed E-state index contributed by atoms with van der Waals surface area (Å²) in [6.07, 6.45) is 3.58. The lowest BCUT2D eigenvalue weighted by molar-refractivity contribution is -0.384. The quantitative estimate of drug-likeness (QED) is 0.368. The van der Waals surface area contributed by atoms with Crippen LogP contribution < -0.4 is 0 Å². The van der Waals surface area contributed by atoms with Gasteiger partial charge in [-0.3, -0.25) is 10.1 Å². The highest BCUT2D eigenvalue weighted by atomic mass is 32.2. The second-order valence-corrected chi connectivity index (χ2v) is 11.3. The van der Waals surface area contributed by atoms with E-state index < -0.39 is 14.9 Å². The van der Waals surface area contributed by atoms with Gasteiger partial charge in [0.15, 0.2) is 5.58 Å². The molecule has 5 rings (SSSR count).